The number of thiazole rings is 1. The number of ether oxygens (including phenoxy) is 2. The summed E-state index contributed by atoms with van der Waals surface area (Å²) < 4.78 is 12.5. The van der Waals surface area contributed by atoms with E-state index in [4.69, 9.17) is 14.6 Å². The summed E-state index contributed by atoms with van der Waals surface area (Å²) >= 11 is 1.25. The molecule has 1 aliphatic heterocycles. The molecule has 0 amide bonds. The molecule has 0 aliphatic carbocycles. The third-order valence-corrected chi connectivity index (χ3v) is 6.96. The lowest BCUT2D eigenvalue weighted by atomic mass is 9.93. The summed E-state index contributed by atoms with van der Waals surface area (Å²) in [5.74, 6) is -0.789. The molecule has 1 aromatic heterocycles. The van der Waals surface area contributed by atoms with Crippen LogP contribution >= 0.6 is 11.3 Å². The quantitative estimate of drug-likeness (QED) is 0.457. The highest BCUT2D eigenvalue weighted by Gasteiger charge is 2.33. The number of fused-ring (bicyclic) bond motifs is 1. The van der Waals surface area contributed by atoms with Gasteiger partial charge in [-0.25, -0.2) is 14.6 Å². The Labute approximate surface area is 217 Å². The lowest BCUT2D eigenvalue weighted by Gasteiger charge is -2.25. The number of nitrogens with zero attached hydrogens (tertiary/aromatic N) is 2. The molecule has 2 aromatic carbocycles. The molecule has 0 saturated carbocycles. The summed E-state index contributed by atoms with van der Waals surface area (Å²) in [5, 5.41) is 8.77. The first kappa shape index (κ1) is 26.1. The molecule has 4 rings (SSSR count). The summed E-state index contributed by atoms with van der Waals surface area (Å²) in [7, 11) is 0. The van der Waals surface area contributed by atoms with Gasteiger partial charge in [0.25, 0.3) is 5.56 Å². The fourth-order valence-electron chi connectivity index (χ4n) is 4.13. The molecule has 37 heavy (non-hydrogen) atoms. The number of carboxylic acid groups (broad SMARTS) is 1. The standard InChI is InChI=1S/C28H28N2O6S/c1-5-35-27(34)24-17(4)29-28-30(25(24)20-10-8-19(9-11-20)16(2)3)26(33)22(37-28)14-18-6-12-21(13-7-18)36-15-23(31)32/h6-14,16,25H,5,15H2,1-4H3,(H,31,32)/b22-14+/t25-/m0/s1. The van der Waals surface area contributed by atoms with Gasteiger partial charge in [-0.3, -0.25) is 9.36 Å². The maximum Gasteiger partial charge on any atom is 0.341 e. The van der Waals surface area contributed by atoms with Crippen LogP contribution < -0.4 is 19.6 Å². The summed E-state index contributed by atoms with van der Waals surface area (Å²) in [6.07, 6.45) is 1.74. The minimum Gasteiger partial charge on any atom is -0.482 e. The number of allylic oxidation sites excluding steroid dienone is 1. The van der Waals surface area contributed by atoms with Crippen LogP contribution in [0.2, 0.25) is 0 Å². The molecule has 1 aliphatic rings. The van der Waals surface area contributed by atoms with Crippen LogP contribution in [0.1, 0.15) is 56.3 Å². The molecule has 0 saturated heterocycles. The number of benzene rings is 2. The van der Waals surface area contributed by atoms with Crippen molar-refractivity contribution in [2.45, 2.75) is 39.7 Å². The fourth-order valence-corrected chi connectivity index (χ4v) is 5.17. The molecule has 9 heteroatoms. The lowest BCUT2D eigenvalue weighted by Crippen LogP contribution is -2.39. The molecular weight excluding hydrogens is 492 g/mol. The van der Waals surface area contributed by atoms with Gasteiger partial charge in [-0.1, -0.05) is 61.6 Å². The van der Waals surface area contributed by atoms with E-state index in [1.54, 1.807) is 48.8 Å². The van der Waals surface area contributed by atoms with Crippen LogP contribution in [0.5, 0.6) is 5.75 Å². The summed E-state index contributed by atoms with van der Waals surface area (Å²) in [6.45, 7) is 7.50. The summed E-state index contributed by atoms with van der Waals surface area (Å²) in [5.41, 5.74) is 3.30. The van der Waals surface area contributed by atoms with E-state index in [1.165, 1.54) is 11.3 Å². The van der Waals surface area contributed by atoms with Gasteiger partial charge in [0.15, 0.2) is 11.4 Å². The Morgan fingerprint density at radius 3 is 2.41 bits per heavy atom. The van der Waals surface area contributed by atoms with Crippen molar-refractivity contribution in [2.75, 3.05) is 13.2 Å². The number of carbonyl (C=O) groups excluding carboxylic acids is 1. The van der Waals surface area contributed by atoms with Crippen LogP contribution in [-0.4, -0.2) is 34.8 Å². The molecule has 0 bridgehead atoms. The van der Waals surface area contributed by atoms with Crippen LogP contribution in [0.25, 0.3) is 6.08 Å². The number of aliphatic carboxylic acids is 1. The van der Waals surface area contributed by atoms with Crippen LogP contribution in [0, 0.1) is 0 Å². The van der Waals surface area contributed by atoms with Crippen molar-refractivity contribution in [3.8, 4) is 5.75 Å². The summed E-state index contributed by atoms with van der Waals surface area (Å²) in [4.78, 5) is 42.5. The maximum atomic E-state index is 13.7. The molecule has 0 radical (unpaired) electrons. The molecule has 0 fully saturated rings. The number of rotatable bonds is 8. The average molecular weight is 521 g/mol. The smallest absolute Gasteiger partial charge is 0.341 e. The largest absolute Gasteiger partial charge is 0.482 e. The van der Waals surface area contributed by atoms with Crippen molar-refractivity contribution in [3.63, 3.8) is 0 Å². The second-order valence-electron chi connectivity index (χ2n) is 8.88. The first-order chi connectivity index (χ1) is 17.7. The van der Waals surface area contributed by atoms with Crippen LogP contribution in [-0.2, 0) is 14.3 Å². The molecular formula is C28H28N2O6S. The molecule has 1 N–H and O–H groups in total. The Kier molecular flexibility index (Phi) is 7.73. The van der Waals surface area contributed by atoms with E-state index in [1.807, 2.05) is 24.3 Å². The van der Waals surface area contributed by atoms with Crippen molar-refractivity contribution in [1.82, 2.24) is 4.57 Å². The van der Waals surface area contributed by atoms with Gasteiger partial charge in [0.2, 0.25) is 0 Å². The Balaban J connectivity index is 1.81. The number of hydrogen-bond donors (Lipinski definition) is 1. The first-order valence-electron chi connectivity index (χ1n) is 11.9. The van der Waals surface area contributed by atoms with Crippen molar-refractivity contribution < 1.29 is 24.2 Å². The van der Waals surface area contributed by atoms with Crippen molar-refractivity contribution >= 4 is 29.4 Å². The van der Waals surface area contributed by atoms with Crippen LogP contribution in [0.4, 0.5) is 0 Å². The minimum atomic E-state index is -1.06. The fraction of sp³-hybridized carbons (Fsp3) is 0.286. The molecule has 0 unspecified atom stereocenters. The van der Waals surface area contributed by atoms with E-state index in [9.17, 15) is 14.4 Å². The molecule has 192 valence electrons. The molecule has 2 heterocycles. The molecule has 1 atom stereocenters. The number of hydrogen-bond acceptors (Lipinski definition) is 7. The highest BCUT2D eigenvalue weighted by Crippen LogP contribution is 2.31. The van der Waals surface area contributed by atoms with Gasteiger partial charge in [0.05, 0.1) is 28.5 Å². The van der Waals surface area contributed by atoms with Gasteiger partial charge in [-0.15, -0.1) is 0 Å². The number of carboxylic acids is 1. The predicted octanol–water partition coefficient (Wildman–Crippen LogP) is 3.39. The Bertz CT molecular complexity index is 1530. The van der Waals surface area contributed by atoms with Gasteiger partial charge in [0, 0.05) is 0 Å². The monoisotopic (exact) mass is 520 g/mol. The van der Waals surface area contributed by atoms with E-state index in [2.05, 4.69) is 18.8 Å². The van der Waals surface area contributed by atoms with Gasteiger partial charge in [-0.05, 0) is 54.7 Å². The van der Waals surface area contributed by atoms with Crippen LogP contribution in [0.15, 0.2) is 69.6 Å². The topological polar surface area (TPSA) is 107 Å². The Hall–Kier alpha value is -3.98. The molecule has 8 nitrogen and oxygen atoms in total. The zero-order valence-corrected chi connectivity index (χ0v) is 21.9. The van der Waals surface area contributed by atoms with E-state index in [0.29, 0.717) is 32.3 Å². The normalized spacial score (nSPS) is 15.4. The minimum absolute atomic E-state index is 0.214. The van der Waals surface area contributed by atoms with Gasteiger partial charge in [0.1, 0.15) is 5.75 Å². The highest BCUT2D eigenvalue weighted by atomic mass is 32.1. The van der Waals surface area contributed by atoms with E-state index in [0.717, 1.165) is 16.7 Å². The SMILES string of the molecule is CCOC(=O)C1=C(C)N=c2s/c(=C/c3ccc(OCC(=O)O)cc3)c(=O)n2[C@H]1c1ccc(C(C)C)cc1. The predicted molar refractivity (Wildman–Crippen MR) is 141 cm³/mol. The van der Waals surface area contributed by atoms with Gasteiger partial charge in [-0.2, -0.15) is 0 Å². The highest BCUT2D eigenvalue weighted by molar-refractivity contribution is 7.07. The average Bonchev–Trinajstić information content (AvgIpc) is 3.17. The van der Waals surface area contributed by atoms with Crippen molar-refractivity contribution in [1.29, 1.82) is 0 Å². The number of esters is 1. The second kappa shape index (κ2) is 11.0. The number of carbonyl (C=O) groups is 2. The first-order valence-corrected chi connectivity index (χ1v) is 12.8. The lowest BCUT2D eigenvalue weighted by molar-refractivity contribution is -0.140. The third-order valence-electron chi connectivity index (χ3n) is 5.98. The van der Waals surface area contributed by atoms with E-state index >= 15 is 0 Å². The van der Waals surface area contributed by atoms with Crippen molar-refractivity contribution in [2.24, 2.45) is 4.99 Å². The van der Waals surface area contributed by atoms with Gasteiger partial charge < -0.3 is 14.6 Å². The third kappa shape index (κ3) is 5.56. The Morgan fingerprint density at radius 2 is 1.81 bits per heavy atom. The van der Waals surface area contributed by atoms with Crippen molar-refractivity contribution in [3.05, 3.63) is 96.2 Å². The van der Waals surface area contributed by atoms with E-state index < -0.39 is 24.6 Å². The van der Waals surface area contributed by atoms with Gasteiger partial charge >= 0.3 is 11.9 Å². The number of aromatic nitrogens is 1. The molecule has 0 spiro atoms. The zero-order chi connectivity index (χ0) is 26.7. The summed E-state index contributed by atoms with van der Waals surface area (Å²) in [6, 6.07) is 14.0. The maximum absolute atomic E-state index is 13.7. The second-order valence-corrected chi connectivity index (χ2v) is 9.88. The van der Waals surface area contributed by atoms with Crippen LogP contribution in [0.3, 0.4) is 0 Å². The van der Waals surface area contributed by atoms with E-state index in [-0.39, 0.29) is 12.2 Å². The Morgan fingerprint density at radius 1 is 1.14 bits per heavy atom. The zero-order valence-electron chi connectivity index (χ0n) is 21.1. The molecule has 3 aromatic rings.